The highest BCUT2D eigenvalue weighted by Crippen LogP contribution is 2.35. The number of piperidine rings is 2. The lowest BCUT2D eigenvalue weighted by molar-refractivity contribution is -0.139. The summed E-state index contributed by atoms with van der Waals surface area (Å²) in [4.78, 5) is 79.2. The zero-order chi connectivity index (χ0) is 38.4. The molecule has 3 fully saturated rings. The van der Waals surface area contributed by atoms with E-state index < -0.39 is 0 Å². The molecule has 3 atom stereocenters. The van der Waals surface area contributed by atoms with Crippen LogP contribution in [0.25, 0.3) is 0 Å². The summed E-state index contributed by atoms with van der Waals surface area (Å²) in [5.41, 5.74) is 1.27. The Balaban J connectivity index is 1.15. The van der Waals surface area contributed by atoms with Crippen molar-refractivity contribution in [2.75, 3.05) is 39.3 Å². The fourth-order valence-corrected chi connectivity index (χ4v) is 9.68. The number of hydrogen-bond acceptors (Lipinski definition) is 8. The third kappa shape index (κ3) is 10.5. The highest BCUT2D eigenvalue weighted by atomic mass is 32.1. The van der Waals surface area contributed by atoms with Gasteiger partial charge >= 0.3 is 0 Å². The van der Waals surface area contributed by atoms with Crippen molar-refractivity contribution in [3.8, 4) is 0 Å². The van der Waals surface area contributed by atoms with Gasteiger partial charge in [-0.25, -0.2) is 4.98 Å². The van der Waals surface area contributed by atoms with Crippen molar-refractivity contribution < 1.29 is 24.0 Å². The largest absolute Gasteiger partial charge is 0.353 e. The molecule has 0 spiro atoms. The van der Waals surface area contributed by atoms with Crippen LogP contribution in [0.15, 0.2) is 30.3 Å². The van der Waals surface area contributed by atoms with Gasteiger partial charge in [0.2, 0.25) is 23.6 Å². The van der Waals surface area contributed by atoms with E-state index >= 15 is 0 Å². The maximum atomic E-state index is 14.3. The van der Waals surface area contributed by atoms with Crippen LogP contribution in [0.4, 0.5) is 0 Å². The van der Waals surface area contributed by atoms with Gasteiger partial charge in [0.25, 0.3) is 5.91 Å². The summed E-state index contributed by atoms with van der Waals surface area (Å²) in [5.74, 6) is 0.172. The molecule has 0 aliphatic carbocycles. The van der Waals surface area contributed by atoms with Crippen LogP contribution in [0.3, 0.4) is 0 Å². The molecule has 54 heavy (non-hydrogen) atoms. The number of benzene rings is 1. The minimum Gasteiger partial charge on any atom is -0.353 e. The SMILES string of the molecule is Cc1sc2nc1CC(=O)N[C@@H](CCCCNC(=O)c1ccccc1)CC(=O)N1CCC(CC1)N1C[C@@H](NC(=O)CC(C)(C)C)C[C@H]1C(=O)N1CCC2CC1. The highest BCUT2D eigenvalue weighted by Gasteiger charge is 2.44. The number of carbonyl (C=O) groups excluding carboxylic acids is 5. The van der Waals surface area contributed by atoms with E-state index in [0.717, 1.165) is 54.1 Å². The molecule has 0 unspecified atom stereocenters. The lowest BCUT2D eigenvalue weighted by Crippen LogP contribution is -2.54. The molecule has 1 aromatic carbocycles. The molecule has 0 radical (unpaired) electrons. The Kier molecular flexibility index (Phi) is 13.1. The van der Waals surface area contributed by atoms with Crippen molar-refractivity contribution in [1.82, 2.24) is 35.6 Å². The molecule has 7 heterocycles. The van der Waals surface area contributed by atoms with Gasteiger partial charge in [-0.3, -0.25) is 28.9 Å². The average molecular weight is 762 g/mol. The Labute approximate surface area is 324 Å². The van der Waals surface area contributed by atoms with E-state index in [1.165, 1.54) is 0 Å². The smallest absolute Gasteiger partial charge is 0.251 e. The van der Waals surface area contributed by atoms with Gasteiger partial charge in [-0.1, -0.05) is 39.0 Å². The second-order valence-corrected chi connectivity index (χ2v) is 18.2. The minimum atomic E-state index is -0.334. The van der Waals surface area contributed by atoms with Crippen molar-refractivity contribution in [2.45, 2.75) is 128 Å². The number of unbranched alkanes of at least 4 members (excludes halogenated alkanes) is 1. The van der Waals surface area contributed by atoms with Crippen LogP contribution in [-0.2, 0) is 25.6 Å². The van der Waals surface area contributed by atoms with Crippen LogP contribution >= 0.6 is 11.3 Å². The van der Waals surface area contributed by atoms with Crippen LogP contribution in [0.2, 0.25) is 0 Å². The number of nitrogens with one attached hydrogen (secondary N) is 3. The lowest BCUT2D eigenvalue weighted by Gasteiger charge is -2.41. The third-order valence-corrected chi connectivity index (χ3v) is 12.6. The number of rotatable bonds is 8. The molecular formula is C41H59N7O5S. The molecule has 2 aromatic rings. The van der Waals surface area contributed by atoms with E-state index in [-0.39, 0.29) is 77.9 Å². The standard InChI is InChI=1S/C41H59N7O5S/c1-27-33-24-35(49)43-30(12-8-9-17-42-38(52)28-10-6-5-7-11-28)23-37(51)46-20-15-32(16-21-46)48-26-31(44-36(50)25-41(2,3)4)22-34(48)40(53)47-18-13-29(14-19-47)39(45-33)54-27/h5-7,10-11,29-32,34H,8-9,12-26H2,1-4H3,(H,42,52)(H,43,49)(H,44,50)/t30-,31-,34-/m0/s1. The summed E-state index contributed by atoms with van der Waals surface area (Å²) < 4.78 is 0. The predicted molar refractivity (Wildman–Crippen MR) is 209 cm³/mol. The van der Waals surface area contributed by atoms with Crippen molar-refractivity contribution >= 4 is 40.9 Å². The van der Waals surface area contributed by atoms with Crippen molar-refractivity contribution in [2.24, 2.45) is 5.41 Å². The van der Waals surface area contributed by atoms with E-state index in [1.807, 2.05) is 34.9 Å². The van der Waals surface area contributed by atoms with Gasteiger partial charge in [0.05, 0.1) is 23.2 Å². The first-order valence-electron chi connectivity index (χ1n) is 20.0. The molecule has 6 aliphatic rings. The van der Waals surface area contributed by atoms with Gasteiger partial charge in [-0.2, -0.15) is 0 Å². The summed E-state index contributed by atoms with van der Waals surface area (Å²) in [6.07, 6.45) is 6.65. The molecule has 12 nitrogen and oxygen atoms in total. The zero-order valence-electron chi connectivity index (χ0n) is 32.5. The van der Waals surface area contributed by atoms with Crippen LogP contribution in [0.5, 0.6) is 0 Å². The molecule has 6 aliphatic heterocycles. The van der Waals surface area contributed by atoms with Gasteiger partial charge in [-0.05, 0) is 75.8 Å². The number of thiazole rings is 1. The maximum Gasteiger partial charge on any atom is 0.251 e. The minimum absolute atomic E-state index is 0.0162. The molecule has 3 saturated heterocycles. The van der Waals surface area contributed by atoms with Gasteiger partial charge in [0.15, 0.2) is 0 Å². The van der Waals surface area contributed by atoms with Crippen LogP contribution in [-0.4, -0.2) is 113 Å². The molecular weight excluding hydrogens is 703 g/mol. The van der Waals surface area contributed by atoms with Crippen LogP contribution < -0.4 is 16.0 Å². The number of amides is 5. The number of carbonyl (C=O) groups is 5. The Hall–Kier alpha value is -3.84. The molecule has 6 bridgehead atoms. The summed E-state index contributed by atoms with van der Waals surface area (Å²) >= 11 is 1.64. The second-order valence-electron chi connectivity index (χ2n) is 17.0. The number of aryl methyl sites for hydroxylation is 1. The van der Waals surface area contributed by atoms with Crippen LogP contribution in [0, 0.1) is 12.3 Å². The predicted octanol–water partition coefficient (Wildman–Crippen LogP) is 4.18. The Morgan fingerprint density at radius 2 is 1.67 bits per heavy atom. The van der Waals surface area contributed by atoms with E-state index in [2.05, 4.69) is 41.6 Å². The molecule has 0 saturated carbocycles. The summed E-state index contributed by atoms with van der Waals surface area (Å²) in [6.45, 7) is 11.8. The summed E-state index contributed by atoms with van der Waals surface area (Å²) in [5, 5.41) is 10.4. The van der Waals surface area contributed by atoms with E-state index in [1.54, 1.807) is 23.5 Å². The Morgan fingerprint density at radius 3 is 2.37 bits per heavy atom. The van der Waals surface area contributed by atoms with Gasteiger partial charge in [0, 0.05) is 86.6 Å². The number of fused-ring (bicyclic) bond motifs is 2. The van der Waals surface area contributed by atoms with Gasteiger partial charge < -0.3 is 25.8 Å². The zero-order valence-corrected chi connectivity index (χ0v) is 33.3. The highest BCUT2D eigenvalue weighted by molar-refractivity contribution is 7.11. The molecule has 8 rings (SSSR count). The summed E-state index contributed by atoms with van der Waals surface area (Å²) in [7, 11) is 0. The quantitative estimate of drug-likeness (QED) is 0.343. The Bertz CT molecular complexity index is 1640. The second kappa shape index (κ2) is 17.7. The average Bonchev–Trinajstić information content (AvgIpc) is 3.73. The van der Waals surface area contributed by atoms with Crippen molar-refractivity contribution in [1.29, 1.82) is 0 Å². The lowest BCUT2D eigenvalue weighted by atomic mass is 9.92. The fraction of sp³-hybridized carbons (Fsp3) is 0.659. The first kappa shape index (κ1) is 39.8. The third-order valence-electron chi connectivity index (χ3n) is 11.4. The number of nitrogens with zero attached hydrogens (tertiary/aromatic N) is 4. The molecule has 5 amide bonds. The fourth-order valence-electron chi connectivity index (χ4n) is 8.57. The molecule has 13 heteroatoms. The normalized spacial score (nSPS) is 25.7. The van der Waals surface area contributed by atoms with Gasteiger partial charge in [0.1, 0.15) is 0 Å². The monoisotopic (exact) mass is 761 g/mol. The van der Waals surface area contributed by atoms with Crippen LogP contribution in [0.1, 0.15) is 117 Å². The Morgan fingerprint density at radius 1 is 0.963 bits per heavy atom. The molecule has 294 valence electrons. The first-order chi connectivity index (χ1) is 25.8. The van der Waals surface area contributed by atoms with Crippen molar-refractivity contribution in [3.05, 3.63) is 51.5 Å². The first-order valence-corrected chi connectivity index (χ1v) is 20.8. The number of aromatic nitrogens is 1. The van der Waals surface area contributed by atoms with E-state index in [4.69, 9.17) is 4.98 Å². The van der Waals surface area contributed by atoms with E-state index in [0.29, 0.717) is 64.1 Å². The van der Waals surface area contributed by atoms with E-state index in [9.17, 15) is 24.0 Å². The van der Waals surface area contributed by atoms with Crippen molar-refractivity contribution in [3.63, 3.8) is 0 Å². The number of hydrogen-bond donors (Lipinski definition) is 3. The molecule has 1 aromatic heterocycles. The van der Waals surface area contributed by atoms with Gasteiger partial charge in [-0.15, -0.1) is 11.3 Å². The summed E-state index contributed by atoms with van der Waals surface area (Å²) in [6, 6.07) is 8.53. The molecule has 3 N–H and O–H groups in total. The maximum absolute atomic E-state index is 14.3. The topological polar surface area (TPSA) is 144 Å².